The quantitative estimate of drug-likeness (QED) is 0.662. The van der Waals surface area contributed by atoms with Gasteiger partial charge in [-0.1, -0.05) is 32.0 Å². The van der Waals surface area contributed by atoms with Crippen LogP contribution in [0, 0.1) is 11.6 Å². The molecule has 5 nitrogen and oxygen atoms in total. The van der Waals surface area contributed by atoms with Crippen LogP contribution in [-0.4, -0.2) is 27.5 Å². The van der Waals surface area contributed by atoms with Crippen LogP contribution < -0.4 is 13.9 Å². The zero-order chi connectivity index (χ0) is 19.6. The molecule has 0 aromatic heterocycles. The number of halogens is 3. The normalized spacial score (nSPS) is 14.9. The molecule has 0 atom stereocenters. The zero-order valence-corrected chi connectivity index (χ0v) is 17.4. The van der Waals surface area contributed by atoms with E-state index in [0.29, 0.717) is 18.2 Å². The molecule has 2 aromatic rings. The first-order chi connectivity index (χ1) is 12.8. The molecule has 0 fully saturated rings. The van der Waals surface area contributed by atoms with Crippen LogP contribution in [0.4, 0.5) is 25.8 Å². The Kier molecular flexibility index (Phi) is 7.25. The maximum atomic E-state index is 14.3. The fraction of sp³-hybridized carbons (Fsp3) is 0.368. The second-order valence-electron chi connectivity index (χ2n) is 6.72. The van der Waals surface area contributed by atoms with Crippen molar-refractivity contribution in [3.05, 3.63) is 54.1 Å². The number of hydrogen-bond acceptors (Lipinski definition) is 3. The Labute approximate surface area is 170 Å². The molecule has 1 aliphatic heterocycles. The second kappa shape index (κ2) is 9.07. The van der Waals surface area contributed by atoms with Crippen LogP contribution >= 0.6 is 12.4 Å². The van der Waals surface area contributed by atoms with Crippen molar-refractivity contribution in [3.8, 4) is 0 Å². The number of nitrogens with zero attached hydrogens (tertiary/aromatic N) is 2. The van der Waals surface area contributed by atoms with Gasteiger partial charge in [-0.15, -0.1) is 12.4 Å². The van der Waals surface area contributed by atoms with Crippen LogP contribution in [0.1, 0.15) is 26.7 Å². The minimum atomic E-state index is -4.12. The number of hydrogen-bond donors (Lipinski definition) is 1. The summed E-state index contributed by atoms with van der Waals surface area (Å²) in [5, 5.41) is 3.28. The zero-order valence-electron chi connectivity index (χ0n) is 15.7. The highest BCUT2D eigenvalue weighted by molar-refractivity contribution is 7.95. The van der Waals surface area contributed by atoms with Crippen molar-refractivity contribution in [2.45, 2.75) is 32.7 Å². The molecule has 1 heterocycles. The lowest BCUT2D eigenvalue weighted by Crippen LogP contribution is -2.37. The SMILES string of the molecule is CC(C)NCCCCN1c2ccccc2N(c2c(F)cccc2F)S1(=O)=O.Cl. The van der Waals surface area contributed by atoms with Gasteiger partial charge in [-0.25, -0.2) is 13.1 Å². The van der Waals surface area contributed by atoms with E-state index in [1.54, 1.807) is 24.3 Å². The molecule has 0 bridgehead atoms. The number of fused-ring (bicyclic) bond motifs is 1. The molecule has 1 aliphatic rings. The molecule has 0 spiro atoms. The van der Waals surface area contributed by atoms with E-state index in [0.717, 1.165) is 29.4 Å². The number of benzene rings is 2. The van der Waals surface area contributed by atoms with Gasteiger partial charge in [0.2, 0.25) is 0 Å². The van der Waals surface area contributed by atoms with Crippen LogP contribution in [0.3, 0.4) is 0 Å². The van der Waals surface area contributed by atoms with E-state index in [4.69, 9.17) is 0 Å². The highest BCUT2D eigenvalue weighted by atomic mass is 35.5. The van der Waals surface area contributed by atoms with Gasteiger partial charge in [0, 0.05) is 12.6 Å². The Bertz CT molecular complexity index is 905. The predicted octanol–water partition coefficient (Wildman–Crippen LogP) is 4.37. The average molecular weight is 432 g/mol. The van der Waals surface area contributed by atoms with E-state index in [-0.39, 0.29) is 24.6 Å². The van der Waals surface area contributed by atoms with E-state index < -0.39 is 27.5 Å². The third-order valence-corrected chi connectivity index (χ3v) is 6.14. The summed E-state index contributed by atoms with van der Waals surface area (Å²) in [4.78, 5) is 0. The van der Waals surface area contributed by atoms with Gasteiger partial charge >= 0.3 is 10.2 Å². The van der Waals surface area contributed by atoms with Crippen LogP contribution in [0.2, 0.25) is 0 Å². The van der Waals surface area contributed by atoms with Crippen LogP contribution in [0.25, 0.3) is 0 Å². The first-order valence-electron chi connectivity index (χ1n) is 8.93. The number of para-hydroxylation sites is 3. The Morgan fingerprint density at radius 2 is 1.57 bits per heavy atom. The number of anilines is 3. The standard InChI is InChI=1S/C19H23F2N3O2S.ClH/c1-14(2)22-12-5-6-13-23-17-10-3-4-11-18(17)24(27(23,25)26)19-15(20)8-7-9-16(19)21;/h3-4,7-11,14,22H,5-6,12-13H2,1-2H3;1H. The minimum Gasteiger partial charge on any atom is -0.315 e. The van der Waals surface area contributed by atoms with Gasteiger partial charge < -0.3 is 5.32 Å². The third-order valence-electron chi connectivity index (χ3n) is 4.36. The van der Waals surface area contributed by atoms with Gasteiger partial charge in [0.15, 0.2) is 11.6 Å². The lowest BCUT2D eigenvalue weighted by atomic mass is 10.2. The highest BCUT2D eigenvalue weighted by Gasteiger charge is 2.43. The van der Waals surface area contributed by atoms with Crippen molar-refractivity contribution in [2.75, 3.05) is 21.7 Å². The van der Waals surface area contributed by atoms with Gasteiger partial charge in [-0.05, 0) is 43.7 Å². The molecular weight excluding hydrogens is 408 g/mol. The molecule has 3 rings (SSSR count). The van der Waals surface area contributed by atoms with Crippen molar-refractivity contribution < 1.29 is 17.2 Å². The first kappa shape index (κ1) is 22.4. The van der Waals surface area contributed by atoms with E-state index >= 15 is 0 Å². The summed E-state index contributed by atoms with van der Waals surface area (Å²) < 4.78 is 56.9. The van der Waals surface area contributed by atoms with Crippen molar-refractivity contribution in [3.63, 3.8) is 0 Å². The van der Waals surface area contributed by atoms with Gasteiger partial charge in [0.05, 0.1) is 11.4 Å². The Hall–Kier alpha value is -1.90. The molecular formula is C19H24ClF2N3O2S. The molecule has 28 heavy (non-hydrogen) atoms. The summed E-state index contributed by atoms with van der Waals surface area (Å²) in [6, 6.07) is 10.2. The van der Waals surface area contributed by atoms with Crippen molar-refractivity contribution in [1.29, 1.82) is 0 Å². The number of unbranched alkanes of at least 4 members (excludes halogenated alkanes) is 1. The van der Waals surface area contributed by atoms with Gasteiger partial charge in [-0.3, -0.25) is 4.31 Å². The molecule has 1 N–H and O–H groups in total. The minimum absolute atomic E-state index is 0. The van der Waals surface area contributed by atoms with Crippen molar-refractivity contribution in [1.82, 2.24) is 5.32 Å². The maximum Gasteiger partial charge on any atom is 0.331 e. The average Bonchev–Trinajstić information content (AvgIpc) is 2.82. The van der Waals surface area contributed by atoms with Gasteiger partial charge in [-0.2, -0.15) is 8.42 Å². The topological polar surface area (TPSA) is 52.6 Å². The van der Waals surface area contributed by atoms with Crippen LogP contribution in [-0.2, 0) is 10.2 Å². The van der Waals surface area contributed by atoms with Crippen LogP contribution in [0.15, 0.2) is 42.5 Å². The summed E-state index contributed by atoms with van der Waals surface area (Å²) in [6.45, 7) is 5.11. The van der Waals surface area contributed by atoms with Crippen LogP contribution in [0.5, 0.6) is 0 Å². The molecule has 0 aliphatic carbocycles. The van der Waals surface area contributed by atoms with Gasteiger partial charge in [0.25, 0.3) is 0 Å². The fourth-order valence-electron chi connectivity index (χ4n) is 3.12. The molecule has 2 aromatic carbocycles. The predicted molar refractivity (Wildman–Crippen MR) is 111 cm³/mol. The summed E-state index contributed by atoms with van der Waals surface area (Å²) >= 11 is 0. The fourth-order valence-corrected chi connectivity index (χ4v) is 4.89. The molecule has 154 valence electrons. The monoisotopic (exact) mass is 431 g/mol. The molecule has 0 saturated heterocycles. The Balaban J connectivity index is 0.00000280. The number of nitrogens with one attached hydrogen (secondary N) is 1. The summed E-state index contributed by atoms with van der Waals surface area (Å²) in [6.07, 6.45) is 1.42. The lowest BCUT2D eigenvalue weighted by molar-refractivity contribution is 0.555. The first-order valence-corrected chi connectivity index (χ1v) is 10.3. The number of rotatable bonds is 7. The largest absolute Gasteiger partial charge is 0.331 e. The Morgan fingerprint density at radius 1 is 0.964 bits per heavy atom. The molecule has 0 saturated carbocycles. The lowest BCUT2D eigenvalue weighted by Gasteiger charge is -2.22. The van der Waals surface area contributed by atoms with E-state index in [2.05, 4.69) is 5.32 Å². The molecule has 0 unspecified atom stereocenters. The maximum absolute atomic E-state index is 14.3. The van der Waals surface area contributed by atoms with E-state index in [1.165, 1.54) is 10.4 Å². The molecule has 0 amide bonds. The smallest absolute Gasteiger partial charge is 0.315 e. The molecule has 9 heteroatoms. The van der Waals surface area contributed by atoms with Gasteiger partial charge in [0.1, 0.15) is 5.69 Å². The molecule has 0 radical (unpaired) electrons. The summed E-state index contributed by atoms with van der Waals surface area (Å²) in [7, 11) is -4.12. The van der Waals surface area contributed by atoms with Crippen molar-refractivity contribution >= 4 is 39.7 Å². The van der Waals surface area contributed by atoms with E-state index in [9.17, 15) is 17.2 Å². The van der Waals surface area contributed by atoms with E-state index in [1.807, 2.05) is 13.8 Å². The summed E-state index contributed by atoms with van der Waals surface area (Å²) in [5.41, 5.74) is 0.104. The highest BCUT2D eigenvalue weighted by Crippen LogP contribution is 2.46. The second-order valence-corrected chi connectivity index (χ2v) is 8.42. The summed E-state index contributed by atoms with van der Waals surface area (Å²) in [5.74, 6) is -1.84. The third kappa shape index (κ3) is 4.24. The Morgan fingerprint density at radius 3 is 2.18 bits per heavy atom. The van der Waals surface area contributed by atoms with Crippen molar-refractivity contribution in [2.24, 2.45) is 0 Å².